The highest BCUT2D eigenvalue weighted by molar-refractivity contribution is 4.77. The molecule has 1 aliphatic rings. The number of hydrogen-bond donors (Lipinski definition) is 0. The Morgan fingerprint density at radius 2 is 1.75 bits per heavy atom. The molecule has 0 aliphatic carbocycles. The van der Waals surface area contributed by atoms with Crippen molar-refractivity contribution in [2.75, 3.05) is 0 Å². The van der Waals surface area contributed by atoms with E-state index in [4.69, 9.17) is 4.74 Å². The van der Waals surface area contributed by atoms with Gasteiger partial charge in [-0.3, -0.25) is 0 Å². The summed E-state index contributed by atoms with van der Waals surface area (Å²) < 4.78 is 5.42. The van der Waals surface area contributed by atoms with Crippen LogP contribution in [0.25, 0.3) is 0 Å². The van der Waals surface area contributed by atoms with Crippen molar-refractivity contribution in [2.24, 2.45) is 0 Å². The summed E-state index contributed by atoms with van der Waals surface area (Å²) in [5, 5.41) is 0. The molecule has 2 radical (unpaired) electrons. The minimum absolute atomic E-state index is 0.402. The Balaban J connectivity index is 2.23. The molecule has 2 unspecified atom stereocenters. The van der Waals surface area contributed by atoms with Gasteiger partial charge in [0.25, 0.3) is 0 Å². The van der Waals surface area contributed by atoms with Crippen LogP contribution in [-0.4, -0.2) is 12.2 Å². The zero-order chi connectivity index (χ0) is 5.98. The van der Waals surface area contributed by atoms with Gasteiger partial charge in [-0.2, -0.15) is 0 Å². The van der Waals surface area contributed by atoms with E-state index in [0.29, 0.717) is 12.2 Å². The van der Waals surface area contributed by atoms with Crippen LogP contribution in [0.5, 0.6) is 0 Å². The maximum atomic E-state index is 5.42. The first kappa shape index (κ1) is 6.09. The molecule has 1 rings (SSSR count). The van der Waals surface area contributed by atoms with E-state index in [9.17, 15) is 0 Å². The third-order valence-corrected chi connectivity index (χ3v) is 1.33. The van der Waals surface area contributed by atoms with Gasteiger partial charge in [0.2, 0.25) is 0 Å². The van der Waals surface area contributed by atoms with Gasteiger partial charge in [-0.15, -0.1) is 0 Å². The van der Waals surface area contributed by atoms with Gasteiger partial charge in [-0.1, -0.05) is 0 Å². The molecule has 0 N–H and O–H groups in total. The highest BCUT2D eigenvalue weighted by atomic mass is 16.5. The number of rotatable bonds is 0. The molecule has 46 valence electrons. The molecule has 1 saturated heterocycles. The van der Waals surface area contributed by atoms with Gasteiger partial charge in [0, 0.05) is 0 Å². The minimum atomic E-state index is 0.402. The van der Waals surface area contributed by atoms with Crippen LogP contribution in [0.2, 0.25) is 0 Å². The van der Waals surface area contributed by atoms with Crippen LogP contribution in [0.15, 0.2) is 0 Å². The van der Waals surface area contributed by atoms with Crippen molar-refractivity contribution in [2.45, 2.75) is 38.9 Å². The summed E-state index contributed by atoms with van der Waals surface area (Å²) >= 11 is 0. The standard InChI is InChI=1S/C7H12O/c1-6-4-3-5-7(2)8-6/h6-7H,4-5H2,1-2H3. The maximum Gasteiger partial charge on any atom is 0.0556 e. The Labute approximate surface area is 51.0 Å². The van der Waals surface area contributed by atoms with Gasteiger partial charge in [0.15, 0.2) is 0 Å². The van der Waals surface area contributed by atoms with Crippen molar-refractivity contribution in [1.29, 1.82) is 0 Å². The first-order valence-electron chi connectivity index (χ1n) is 3.15. The van der Waals surface area contributed by atoms with E-state index in [-0.39, 0.29) is 0 Å². The van der Waals surface area contributed by atoms with Crippen molar-refractivity contribution >= 4 is 0 Å². The van der Waals surface area contributed by atoms with Crippen molar-refractivity contribution in [1.82, 2.24) is 0 Å². The molecule has 1 heteroatoms. The summed E-state index contributed by atoms with van der Waals surface area (Å²) in [6.45, 7) is 4.17. The second-order valence-electron chi connectivity index (χ2n) is 2.42. The van der Waals surface area contributed by atoms with Crippen LogP contribution in [-0.2, 0) is 4.74 Å². The van der Waals surface area contributed by atoms with Crippen LogP contribution in [0.1, 0.15) is 26.7 Å². The lowest BCUT2D eigenvalue weighted by atomic mass is 10.1. The first-order valence-corrected chi connectivity index (χ1v) is 3.15. The molecule has 0 saturated carbocycles. The van der Waals surface area contributed by atoms with Crippen molar-refractivity contribution in [3.05, 3.63) is 6.42 Å². The lowest BCUT2D eigenvalue weighted by Gasteiger charge is -2.23. The van der Waals surface area contributed by atoms with E-state index in [0.717, 1.165) is 12.8 Å². The van der Waals surface area contributed by atoms with E-state index >= 15 is 0 Å². The van der Waals surface area contributed by atoms with Gasteiger partial charge >= 0.3 is 0 Å². The van der Waals surface area contributed by atoms with Crippen LogP contribution < -0.4 is 0 Å². The molecule has 0 aromatic heterocycles. The average Bonchev–Trinajstić information content (AvgIpc) is 1.64. The summed E-state index contributed by atoms with van der Waals surface area (Å²) in [5.74, 6) is 0. The van der Waals surface area contributed by atoms with Crippen molar-refractivity contribution in [3.63, 3.8) is 0 Å². The molecule has 1 heterocycles. The second-order valence-corrected chi connectivity index (χ2v) is 2.42. The molecule has 1 aliphatic heterocycles. The highest BCUT2D eigenvalue weighted by Gasteiger charge is 2.14. The largest absolute Gasteiger partial charge is 0.376 e. The SMILES string of the molecule is CC1C[C]CC(C)O1. The fourth-order valence-electron chi connectivity index (χ4n) is 0.983. The molecule has 1 nitrogen and oxygen atoms in total. The lowest BCUT2D eigenvalue weighted by Crippen LogP contribution is -2.22. The van der Waals surface area contributed by atoms with Gasteiger partial charge < -0.3 is 4.74 Å². The third-order valence-electron chi connectivity index (χ3n) is 1.33. The van der Waals surface area contributed by atoms with Crippen molar-refractivity contribution < 1.29 is 4.74 Å². The first-order chi connectivity index (χ1) is 3.79. The molecular weight excluding hydrogens is 100 g/mol. The Morgan fingerprint density at radius 1 is 1.25 bits per heavy atom. The molecule has 0 spiro atoms. The molecule has 2 atom stereocenters. The van der Waals surface area contributed by atoms with Gasteiger partial charge in [-0.05, 0) is 33.1 Å². The summed E-state index contributed by atoms with van der Waals surface area (Å²) in [7, 11) is 0. The van der Waals surface area contributed by atoms with Crippen LogP contribution in [0.4, 0.5) is 0 Å². The zero-order valence-electron chi connectivity index (χ0n) is 5.48. The van der Waals surface area contributed by atoms with Gasteiger partial charge in [0.05, 0.1) is 12.2 Å². The smallest absolute Gasteiger partial charge is 0.0556 e. The molecule has 0 bridgehead atoms. The maximum absolute atomic E-state index is 5.42. The predicted molar refractivity (Wildman–Crippen MR) is 32.5 cm³/mol. The van der Waals surface area contributed by atoms with Crippen LogP contribution in [0.3, 0.4) is 0 Å². The van der Waals surface area contributed by atoms with E-state index in [2.05, 4.69) is 20.3 Å². The summed E-state index contributed by atoms with van der Waals surface area (Å²) in [6, 6.07) is 0. The number of ether oxygens (including phenoxy) is 1. The number of hydrogen-bond acceptors (Lipinski definition) is 1. The van der Waals surface area contributed by atoms with E-state index in [1.54, 1.807) is 0 Å². The summed E-state index contributed by atoms with van der Waals surface area (Å²) in [5.41, 5.74) is 0. The van der Waals surface area contributed by atoms with Gasteiger partial charge in [0.1, 0.15) is 0 Å². The normalized spacial score (nSPS) is 39.8. The Bertz CT molecular complexity index is 62.8. The highest BCUT2D eigenvalue weighted by Crippen LogP contribution is 2.16. The van der Waals surface area contributed by atoms with E-state index in [1.165, 1.54) is 0 Å². The monoisotopic (exact) mass is 112 g/mol. The van der Waals surface area contributed by atoms with Crippen molar-refractivity contribution in [3.8, 4) is 0 Å². The topological polar surface area (TPSA) is 9.23 Å². The zero-order valence-corrected chi connectivity index (χ0v) is 5.48. The van der Waals surface area contributed by atoms with E-state index in [1.807, 2.05) is 0 Å². The molecule has 0 aromatic carbocycles. The Hall–Kier alpha value is -0.0400. The summed E-state index contributed by atoms with van der Waals surface area (Å²) in [6.07, 6.45) is 6.07. The molecule has 8 heavy (non-hydrogen) atoms. The molecule has 0 amide bonds. The minimum Gasteiger partial charge on any atom is -0.376 e. The van der Waals surface area contributed by atoms with E-state index < -0.39 is 0 Å². The average molecular weight is 112 g/mol. The molecular formula is C7H12O. The predicted octanol–water partition coefficient (Wildman–Crippen LogP) is 1.66. The third kappa shape index (κ3) is 1.48. The van der Waals surface area contributed by atoms with Crippen LogP contribution in [0, 0.1) is 6.42 Å². The van der Waals surface area contributed by atoms with Crippen LogP contribution >= 0.6 is 0 Å². The lowest BCUT2D eigenvalue weighted by molar-refractivity contribution is -0.0121. The quantitative estimate of drug-likeness (QED) is 0.463. The van der Waals surface area contributed by atoms with Gasteiger partial charge in [-0.25, -0.2) is 0 Å². The molecule has 1 fully saturated rings. The Morgan fingerprint density at radius 3 is 2.00 bits per heavy atom. The second kappa shape index (κ2) is 2.49. The fourth-order valence-corrected chi connectivity index (χ4v) is 0.983. The Kier molecular flexibility index (Phi) is 1.90. The molecule has 0 aromatic rings. The summed E-state index contributed by atoms with van der Waals surface area (Å²) in [4.78, 5) is 0. The fraction of sp³-hybridized carbons (Fsp3) is 0.857.